The Hall–Kier alpha value is -1.65. The molecule has 0 radical (unpaired) electrons. The van der Waals surface area contributed by atoms with Crippen LogP contribution in [0.2, 0.25) is 0 Å². The molecule has 2 aliphatic heterocycles. The number of rotatable bonds is 3. The van der Waals surface area contributed by atoms with Crippen molar-refractivity contribution in [3.05, 3.63) is 53.9 Å². The molecule has 2 fully saturated rings. The maximum absolute atomic E-state index is 11.2. The Morgan fingerprint density at radius 1 is 1.13 bits per heavy atom. The molecule has 2 aromatic rings. The van der Waals surface area contributed by atoms with Crippen LogP contribution in [0.4, 0.5) is 0 Å². The highest BCUT2D eigenvalue weighted by atomic mass is 16.3. The maximum Gasteiger partial charge on any atom is 0.111 e. The second kappa shape index (κ2) is 5.77. The molecule has 122 valence electrons. The van der Waals surface area contributed by atoms with Crippen molar-refractivity contribution < 1.29 is 5.11 Å². The lowest BCUT2D eigenvalue weighted by Crippen LogP contribution is -2.56. The van der Waals surface area contributed by atoms with E-state index >= 15 is 0 Å². The highest BCUT2D eigenvalue weighted by Crippen LogP contribution is 2.44. The molecule has 4 heteroatoms. The lowest BCUT2D eigenvalue weighted by Gasteiger charge is -2.51. The molecule has 4 nitrogen and oxygen atoms in total. The van der Waals surface area contributed by atoms with Gasteiger partial charge in [-0.3, -0.25) is 9.58 Å². The van der Waals surface area contributed by atoms with E-state index in [2.05, 4.69) is 40.3 Å². The maximum atomic E-state index is 11.2. The Morgan fingerprint density at radius 3 is 2.43 bits per heavy atom. The van der Waals surface area contributed by atoms with Gasteiger partial charge in [0.1, 0.15) is 5.60 Å². The Bertz CT molecular complexity index is 652. The molecule has 1 N–H and O–H groups in total. The SMILES string of the molecule is Cn1ccc(C2(O)CC3CCCC(C2)N3Cc2ccccc2)n1. The first-order valence-corrected chi connectivity index (χ1v) is 8.66. The van der Waals surface area contributed by atoms with E-state index in [1.807, 2.05) is 19.3 Å². The zero-order valence-electron chi connectivity index (χ0n) is 13.7. The first-order chi connectivity index (χ1) is 11.1. The number of fused-ring (bicyclic) bond motifs is 2. The summed E-state index contributed by atoms with van der Waals surface area (Å²) in [5.41, 5.74) is 1.45. The fourth-order valence-corrected chi connectivity index (χ4v) is 4.45. The van der Waals surface area contributed by atoms with Gasteiger partial charge in [-0.25, -0.2) is 0 Å². The number of hydrogen-bond donors (Lipinski definition) is 1. The van der Waals surface area contributed by atoms with Crippen LogP contribution in [0.3, 0.4) is 0 Å². The van der Waals surface area contributed by atoms with Crippen LogP contribution in [0.15, 0.2) is 42.6 Å². The Morgan fingerprint density at radius 2 is 1.83 bits per heavy atom. The van der Waals surface area contributed by atoms with Gasteiger partial charge >= 0.3 is 0 Å². The summed E-state index contributed by atoms with van der Waals surface area (Å²) in [5.74, 6) is 0. The predicted octanol–water partition coefficient (Wildman–Crippen LogP) is 2.82. The van der Waals surface area contributed by atoms with E-state index < -0.39 is 5.60 Å². The van der Waals surface area contributed by atoms with Crippen molar-refractivity contribution in [1.82, 2.24) is 14.7 Å². The first-order valence-electron chi connectivity index (χ1n) is 8.66. The summed E-state index contributed by atoms with van der Waals surface area (Å²) in [5, 5.41) is 15.7. The van der Waals surface area contributed by atoms with E-state index in [9.17, 15) is 5.11 Å². The highest BCUT2D eigenvalue weighted by molar-refractivity contribution is 5.18. The van der Waals surface area contributed by atoms with Crippen LogP contribution in [0.25, 0.3) is 0 Å². The van der Waals surface area contributed by atoms with Crippen molar-refractivity contribution in [2.24, 2.45) is 7.05 Å². The molecular formula is C19H25N3O. The van der Waals surface area contributed by atoms with Gasteiger partial charge in [-0.05, 0) is 37.3 Å². The van der Waals surface area contributed by atoms with Crippen LogP contribution >= 0.6 is 0 Å². The third-order valence-electron chi connectivity index (χ3n) is 5.56. The standard InChI is InChI=1S/C19H25N3O/c1-21-11-10-18(20-21)19(23)12-16-8-5-9-17(13-19)22(16)14-15-6-3-2-4-7-15/h2-4,6-7,10-11,16-17,23H,5,8-9,12-14H2,1H3. The third kappa shape index (κ3) is 2.81. The molecule has 1 aromatic carbocycles. The van der Waals surface area contributed by atoms with E-state index in [4.69, 9.17) is 0 Å². The molecule has 0 amide bonds. The van der Waals surface area contributed by atoms with Crippen molar-refractivity contribution in [2.45, 2.75) is 56.3 Å². The molecule has 1 aromatic heterocycles. The fourth-order valence-electron chi connectivity index (χ4n) is 4.45. The summed E-state index contributed by atoms with van der Waals surface area (Å²) in [6.45, 7) is 0.995. The van der Waals surface area contributed by atoms with Crippen LogP contribution in [0, 0.1) is 0 Å². The van der Waals surface area contributed by atoms with Crippen molar-refractivity contribution in [3.8, 4) is 0 Å². The number of piperidine rings is 2. The Kier molecular flexibility index (Phi) is 3.74. The summed E-state index contributed by atoms with van der Waals surface area (Å²) >= 11 is 0. The smallest absolute Gasteiger partial charge is 0.111 e. The average molecular weight is 311 g/mol. The lowest BCUT2D eigenvalue weighted by atomic mass is 9.74. The minimum atomic E-state index is -0.760. The second-order valence-electron chi connectivity index (χ2n) is 7.21. The number of hydrogen-bond acceptors (Lipinski definition) is 3. The fraction of sp³-hybridized carbons (Fsp3) is 0.526. The molecule has 0 aliphatic carbocycles. The first kappa shape index (κ1) is 14.9. The minimum Gasteiger partial charge on any atom is -0.383 e. The minimum absolute atomic E-state index is 0.453. The van der Waals surface area contributed by atoms with Crippen molar-refractivity contribution >= 4 is 0 Å². The highest BCUT2D eigenvalue weighted by Gasteiger charge is 2.47. The van der Waals surface area contributed by atoms with Gasteiger partial charge < -0.3 is 5.11 Å². The van der Waals surface area contributed by atoms with Crippen LogP contribution in [0.1, 0.15) is 43.4 Å². The van der Waals surface area contributed by atoms with E-state index in [1.165, 1.54) is 24.8 Å². The number of aliphatic hydroxyl groups is 1. The molecule has 2 atom stereocenters. The quantitative estimate of drug-likeness (QED) is 0.947. The zero-order chi connectivity index (χ0) is 15.9. The predicted molar refractivity (Wildman–Crippen MR) is 89.8 cm³/mol. The number of aromatic nitrogens is 2. The van der Waals surface area contributed by atoms with Crippen molar-refractivity contribution in [1.29, 1.82) is 0 Å². The van der Waals surface area contributed by atoms with Gasteiger partial charge in [0, 0.05) is 31.9 Å². The Labute approximate surface area is 137 Å². The average Bonchev–Trinajstić information content (AvgIpc) is 2.97. The van der Waals surface area contributed by atoms with Crippen molar-refractivity contribution in [3.63, 3.8) is 0 Å². The van der Waals surface area contributed by atoms with Crippen LogP contribution in [0.5, 0.6) is 0 Å². The monoisotopic (exact) mass is 311 g/mol. The normalized spacial score (nSPS) is 31.2. The van der Waals surface area contributed by atoms with E-state index in [0.29, 0.717) is 12.1 Å². The molecule has 2 aliphatic rings. The number of benzene rings is 1. The van der Waals surface area contributed by atoms with Gasteiger partial charge in [0.15, 0.2) is 0 Å². The molecule has 2 saturated heterocycles. The molecule has 2 bridgehead atoms. The van der Waals surface area contributed by atoms with Crippen LogP contribution in [-0.4, -0.2) is 31.9 Å². The number of nitrogens with zero attached hydrogens (tertiary/aromatic N) is 3. The van der Waals surface area contributed by atoms with Crippen LogP contribution < -0.4 is 0 Å². The third-order valence-corrected chi connectivity index (χ3v) is 5.56. The Balaban J connectivity index is 1.57. The molecule has 4 rings (SSSR count). The van der Waals surface area contributed by atoms with Gasteiger partial charge in [-0.2, -0.15) is 5.10 Å². The van der Waals surface area contributed by atoms with E-state index in [1.54, 1.807) is 4.68 Å². The van der Waals surface area contributed by atoms with E-state index in [0.717, 1.165) is 25.1 Å². The summed E-state index contributed by atoms with van der Waals surface area (Å²) in [7, 11) is 1.91. The molecule has 0 spiro atoms. The summed E-state index contributed by atoms with van der Waals surface area (Å²) in [4.78, 5) is 2.62. The van der Waals surface area contributed by atoms with Gasteiger partial charge in [-0.1, -0.05) is 36.8 Å². The second-order valence-corrected chi connectivity index (χ2v) is 7.21. The molecule has 23 heavy (non-hydrogen) atoms. The largest absolute Gasteiger partial charge is 0.383 e. The topological polar surface area (TPSA) is 41.3 Å². The molecular weight excluding hydrogens is 286 g/mol. The van der Waals surface area contributed by atoms with Gasteiger partial charge in [0.05, 0.1) is 5.69 Å². The van der Waals surface area contributed by atoms with E-state index in [-0.39, 0.29) is 0 Å². The van der Waals surface area contributed by atoms with Crippen molar-refractivity contribution in [2.75, 3.05) is 0 Å². The van der Waals surface area contributed by atoms with Gasteiger partial charge in [0.25, 0.3) is 0 Å². The summed E-state index contributed by atoms with van der Waals surface area (Å²) in [6.07, 6.45) is 7.16. The van der Waals surface area contributed by atoms with Gasteiger partial charge in [0.2, 0.25) is 0 Å². The van der Waals surface area contributed by atoms with Gasteiger partial charge in [-0.15, -0.1) is 0 Å². The summed E-state index contributed by atoms with van der Waals surface area (Å²) in [6, 6.07) is 13.6. The molecule has 3 heterocycles. The molecule has 0 saturated carbocycles. The van der Waals surface area contributed by atoms with Crippen LogP contribution in [-0.2, 0) is 19.2 Å². The number of aryl methyl sites for hydroxylation is 1. The zero-order valence-corrected chi connectivity index (χ0v) is 13.7. The lowest BCUT2D eigenvalue weighted by molar-refractivity contribution is -0.102. The molecule has 2 unspecified atom stereocenters. The summed E-state index contributed by atoms with van der Waals surface area (Å²) < 4.78 is 1.79.